The highest BCUT2D eigenvalue weighted by Gasteiger charge is 2.36. The number of hydrogen-bond acceptors (Lipinski definition) is 5. The number of halogens is 2. The average Bonchev–Trinajstić information content (AvgIpc) is 2.85. The Morgan fingerprint density at radius 2 is 1.83 bits per heavy atom. The topological polar surface area (TPSA) is 47.7 Å². The third-order valence-electron chi connectivity index (χ3n) is 3.35. The number of nitrogens with zero attached hydrogens (tertiary/aromatic N) is 2. The zero-order chi connectivity index (χ0) is 16.6. The summed E-state index contributed by atoms with van der Waals surface area (Å²) < 4.78 is 16.7. The summed E-state index contributed by atoms with van der Waals surface area (Å²) in [5.74, 6) is 0.543. The van der Waals surface area contributed by atoms with E-state index in [2.05, 4.69) is 5.16 Å². The molecule has 0 spiro atoms. The van der Waals surface area contributed by atoms with Gasteiger partial charge in [0, 0.05) is 25.9 Å². The van der Waals surface area contributed by atoms with Crippen LogP contribution in [0.3, 0.4) is 0 Å². The molecule has 0 unspecified atom stereocenters. The lowest BCUT2D eigenvalue weighted by molar-refractivity contribution is -0.382. The molecular weight excluding hydrogens is 339 g/mol. The van der Waals surface area contributed by atoms with Crippen LogP contribution in [0.15, 0.2) is 28.9 Å². The quantitative estimate of drug-likeness (QED) is 0.804. The van der Waals surface area contributed by atoms with Gasteiger partial charge in [0.2, 0.25) is 0 Å². The molecule has 5 nitrogen and oxygen atoms in total. The fourth-order valence-corrected chi connectivity index (χ4v) is 2.85. The maximum Gasteiger partial charge on any atom is 0.195 e. The summed E-state index contributed by atoms with van der Waals surface area (Å²) in [7, 11) is 3.83. The Bertz CT molecular complexity index is 717. The number of rotatable bonds is 4. The second-order valence-corrected chi connectivity index (χ2v) is 6.17. The Kier molecular flexibility index (Phi) is 4.64. The lowest BCUT2D eigenvalue weighted by atomic mass is 10.0. The fourth-order valence-electron chi connectivity index (χ4n) is 2.27. The van der Waals surface area contributed by atoms with E-state index in [1.807, 2.05) is 32.1 Å². The van der Waals surface area contributed by atoms with Crippen LogP contribution in [0.5, 0.6) is 0 Å². The minimum atomic E-state index is -0.555. The molecule has 122 valence electrons. The van der Waals surface area contributed by atoms with Gasteiger partial charge in [0.1, 0.15) is 5.69 Å². The summed E-state index contributed by atoms with van der Waals surface area (Å²) in [6, 6.07) is 5.28. The van der Waals surface area contributed by atoms with Crippen molar-refractivity contribution in [2.45, 2.75) is 19.5 Å². The van der Waals surface area contributed by atoms with E-state index in [-0.39, 0.29) is 6.29 Å². The largest absolute Gasteiger partial charge is 0.383 e. The molecule has 2 heterocycles. The molecule has 0 amide bonds. The van der Waals surface area contributed by atoms with Gasteiger partial charge in [-0.1, -0.05) is 34.4 Å². The summed E-state index contributed by atoms with van der Waals surface area (Å²) >= 11 is 12.6. The molecule has 0 aliphatic carbocycles. The van der Waals surface area contributed by atoms with Crippen molar-refractivity contribution in [2.24, 2.45) is 0 Å². The van der Waals surface area contributed by atoms with Gasteiger partial charge in [0.25, 0.3) is 0 Å². The van der Waals surface area contributed by atoms with Gasteiger partial charge < -0.3 is 18.9 Å². The molecule has 0 saturated carbocycles. The smallest absolute Gasteiger partial charge is 0.195 e. The number of benzene rings is 1. The Balaban J connectivity index is 2.10. The first-order chi connectivity index (χ1) is 11.0. The summed E-state index contributed by atoms with van der Waals surface area (Å²) in [5.41, 5.74) is 1.80. The number of ether oxygens (including phenoxy) is 2. The van der Waals surface area contributed by atoms with Gasteiger partial charge in [-0.15, -0.1) is 0 Å². The van der Waals surface area contributed by atoms with E-state index >= 15 is 0 Å². The van der Waals surface area contributed by atoms with Crippen molar-refractivity contribution < 1.29 is 14.0 Å². The predicted octanol–water partition coefficient (Wildman–Crippen LogP) is 4.57. The van der Waals surface area contributed by atoms with E-state index in [0.29, 0.717) is 32.6 Å². The van der Waals surface area contributed by atoms with Gasteiger partial charge in [-0.2, -0.15) is 0 Å². The van der Waals surface area contributed by atoms with Crippen molar-refractivity contribution in [3.63, 3.8) is 0 Å². The van der Waals surface area contributed by atoms with Gasteiger partial charge in [-0.3, -0.25) is 0 Å². The van der Waals surface area contributed by atoms with Gasteiger partial charge in [0.15, 0.2) is 18.3 Å². The minimum Gasteiger partial charge on any atom is -0.383 e. The predicted molar refractivity (Wildman–Crippen MR) is 89.1 cm³/mol. The Morgan fingerprint density at radius 3 is 2.39 bits per heavy atom. The number of aromatic nitrogens is 1. The molecular formula is C16H16Cl2N2O3. The van der Waals surface area contributed by atoms with Crippen LogP contribution in [0.25, 0.3) is 17.3 Å². The summed E-state index contributed by atoms with van der Waals surface area (Å²) in [6.07, 6.45) is 2.83. The second-order valence-electron chi connectivity index (χ2n) is 5.36. The Morgan fingerprint density at radius 1 is 1.17 bits per heavy atom. The highest BCUT2D eigenvalue weighted by atomic mass is 35.5. The average molecular weight is 355 g/mol. The molecule has 1 saturated heterocycles. The van der Waals surface area contributed by atoms with Crippen LogP contribution < -0.4 is 0 Å². The third-order valence-corrected chi connectivity index (χ3v) is 3.98. The molecule has 0 atom stereocenters. The molecule has 1 aliphatic rings. The monoisotopic (exact) mass is 354 g/mol. The van der Waals surface area contributed by atoms with E-state index in [1.165, 1.54) is 0 Å². The SMILES string of the molecule is CC1OC(c2c(-c3c(Cl)cccc3Cl)noc2/C=C/N(C)C)O1. The van der Waals surface area contributed by atoms with Crippen LogP contribution in [0.2, 0.25) is 10.0 Å². The summed E-state index contributed by atoms with van der Waals surface area (Å²) in [5, 5.41) is 5.12. The molecule has 1 fully saturated rings. The van der Waals surface area contributed by atoms with E-state index in [4.69, 9.17) is 37.2 Å². The van der Waals surface area contributed by atoms with Crippen LogP contribution in [-0.2, 0) is 9.47 Å². The molecule has 1 aromatic carbocycles. The zero-order valence-electron chi connectivity index (χ0n) is 12.9. The third kappa shape index (κ3) is 3.23. The highest BCUT2D eigenvalue weighted by molar-refractivity contribution is 6.39. The van der Waals surface area contributed by atoms with E-state index in [1.54, 1.807) is 24.3 Å². The highest BCUT2D eigenvalue weighted by Crippen LogP contribution is 2.43. The summed E-state index contributed by atoms with van der Waals surface area (Å²) in [6.45, 7) is 1.82. The first kappa shape index (κ1) is 16.3. The molecule has 7 heteroatoms. The van der Waals surface area contributed by atoms with Crippen molar-refractivity contribution in [1.29, 1.82) is 0 Å². The molecule has 1 aromatic heterocycles. The van der Waals surface area contributed by atoms with Gasteiger partial charge >= 0.3 is 0 Å². The standard InChI is InChI=1S/C16H16Cl2N2O3/c1-9-21-16(22-9)14-12(7-8-20(2)3)23-19-15(14)13-10(17)5-4-6-11(13)18/h4-9,16H,1-3H3/b8-7+. The molecule has 3 rings (SSSR count). The van der Waals surface area contributed by atoms with Gasteiger partial charge in [-0.05, 0) is 25.1 Å². The molecule has 1 aliphatic heterocycles. The Hall–Kier alpha value is -1.53. The minimum absolute atomic E-state index is 0.268. The van der Waals surface area contributed by atoms with Crippen molar-refractivity contribution in [2.75, 3.05) is 14.1 Å². The van der Waals surface area contributed by atoms with Crippen molar-refractivity contribution in [1.82, 2.24) is 10.1 Å². The second kappa shape index (κ2) is 6.53. The van der Waals surface area contributed by atoms with Crippen molar-refractivity contribution in [3.05, 3.63) is 45.8 Å². The first-order valence-electron chi connectivity index (χ1n) is 7.07. The molecule has 23 heavy (non-hydrogen) atoms. The normalized spacial score (nSPS) is 20.7. The van der Waals surface area contributed by atoms with Crippen LogP contribution in [0, 0.1) is 0 Å². The van der Waals surface area contributed by atoms with Crippen LogP contribution in [-0.4, -0.2) is 30.4 Å². The molecule has 2 aromatic rings. The molecule has 0 bridgehead atoms. The first-order valence-corrected chi connectivity index (χ1v) is 7.82. The zero-order valence-corrected chi connectivity index (χ0v) is 14.4. The summed E-state index contributed by atoms with van der Waals surface area (Å²) in [4.78, 5) is 1.89. The molecule has 0 N–H and O–H groups in total. The maximum absolute atomic E-state index is 6.29. The van der Waals surface area contributed by atoms with Gasteiger partial charge in [0.05, 0.1) is 15.6 Å². The van der Waals surface area contributed by atoms with E-state index in [9.17, 15) is 0 Å². The van der Waals surface area contributed by atoms with Crippen molar-refractivity contribution >= 4 is 29.3 Å². The van der Waals surface area contributed by atoms with Crippen molar-refractivity contribution in [3.8, 4) is 11.3 Å². The fraction of sp³-hybridized carbons (Fsp3) is 0.312. The number of hydrogen-bond donors (Lipinski definition) is 0. The van der Waals surface area contributed by atoms with E-state index in [0.717, 1.165) is 0 Å². The van der Waals surface area contributed by atoms with Gasteiger partial charge in [-0.25, -0.2) is 0 Å². The van der Waals surface area contributed by atoms with E-state index < -0.39 is 6.29 Å². The van der Waals surface area contributed by atoms with Crippen LogP contribution in [0.1, 0.15) is 24.5 Å². The Labute approximate surface area is 144 Å². The molecule has 0 radical (unpaired) electrons. The maximum atomic E-state index is 6.29. The van der Waals surface area contributed by atoms with Crippen LogP contribution in [0.4, 0.5) is 0 Å². The lowest BCUT2D eigenvalue weighted by Gasteiger charge is -2.33. The lowest BCUT2D eigenvalue weighted by Crippen LogP contribution is -2.32. The van der Waals surface area contributed by atoms with Crippen LogP contribution >= 0.6 is 23.2 Å².